The van der Waals surface area contributed by atoms with Crippen LogP contribution in [-0.2, 0) is 0 Å². The fourth-order valence-corrected chi connectivity index (χ4v) is 1.02. The second-order valence-corrected chi connectivity index (χ2v) is 2.43. The Kier molecular flexibility index (Phi) is 5.78. The first-order chi connectivity index (χ1) is 7.19. The van der Waals surface area contributed by atoms with Crippen LogP contribution in [0, 0.1) is 0 Å². The van der Waals surface area contributed by atoms with Gasteiger partial charge in [0, 0.05) is 0 Å². The lowest BCUT2D eigenvalue weighted by Gasteiger charge is -1.87. The van der Waals surface area contributed by atoms with E-state index in [1.807, 2.05) is 13.8 Å². The van der Waals surface area contributed by atoms with Crippen molar-refractivity contribution in [1.29, 1.82) is 0 Å². The first kappa shape index (κ1) is 13.2. The average molecular weight is 208 g/mol. The number of aromatic amines is 2. The van der Waals surface area contributed by atoms with Gasteiger partial charge < -0.3 is 4.98 Å². The molecule has 1 aromatic rings. The summed E-state index contributed by atoms with van der Waals surface area (Å²) in [5.74, 6) is 0. The van der Waals surface area contributed by atoms with Crippen molar-refractivity contribution in [2.75, 3.05) is 0 Å². The molecule has 0 radical (unpaired) electrons. The molecule has 0 saturated carbocycles. The molecule has 0 unspecified atom stereocenters. The monoisotopic (exact) mass is 208 g/mol. The van der Waals surface area contributed by atoms with Crippen LogP contribution in [0.1, 0.15) is 20.8 Å². The second kappa shape index (κ2) is 6.59. The normalized spacial score (nSPS) is 11.9. The fourth-order valence-electron chi connectivity index (χ4n) is 1.02. The Bertz CT molecular complexity index is 535. The molecule has 1 heterocycles. The Labute approximate surface area is 87.7 Å². The van der Waals surface area contributed by atoms with E-state index in [2.05, 4.69) is 16.5 Å². The van der Waals surface area contributed by atoms with Crippen LogP contribution in [-0.4, -0.2) is 9.97 Å². The maximum atomic E-state index is 11.2. The standard InChI is InChI=1S/C9H10N2O2.C2H6/c1-3-5-6-7(4-2)10-9(13)11-8(6)12;1-2/h3-5H,1H2,2H3,(H2,10,11,12,13);1-2H3/b6-5+,7-4+;. The van der Waals surface area contributed by atoms with Gasteiger partial charge in [0.2, 0.25) is 0 Å². The van der Waals surface area contributed by atoms with Crippen molar-refractivity contribution in [3.63, 3.8) is 0 Å². The highest BCUT2D eigenvalue weighted by Crippen LogP contribution is 1.58. The third-order valence-electron chi connectivity index (χ3n) is 1.58. The second-order valence-electron chi connectivity index (χ2n) is 2.43. The lowest BCUT2D eigenvalue weighted by Crippen LogP contribution is -2.48. The molecule has 4 heteroatoms. The molecule has 0 aliphatic rings. The highest BCUT2D eigenvalue weighted by molar-refractivity contribution is 5.35. The summed E-state index contributed by atoms with van der Waals surface area (Å²) in [6.45, 7) is 9.22. The Morgan fingerprint density at radius 1 is 1.20 bits per heavy atom. The van der Waals surface area contributed by atoms with Crippen LogP contribution in [0.25, 0.3) is 12.2 Å². The van der Waals surface area contributed by atoms with Crippen molar-refractivity contribution < 1.29 is 0 Å². The van der Waals surface area contributed by atoms with Crippen molar-refractivity contribution >= 4 is 12.2 Å². The number of aromatic nitrogens is 2. The topological polar surface area (TPSA) is 65.7 Å². The van der Waals surface area contributed by atoms with Gasteiger partial charge >= 0.3 is 5.69 Å². The van der Waals surface area contributed by atoms with Crippen LogP contribution in [0.4, 0.5) is 0 Å². The van der Waals surface area contributed by atoms with Crippen LogP contribution in [0.3, 0.4) is 0 Å². The minimum absolute atomic E-state index is 0.406. The molecule has 0 aliphatic heterocycles. The van der Waals surface area contributed by atoms with Gasteiger partial charge in [-0.2, -0.15) is 0 Å². The molecule has 0 aliphatic carbocycles. The lowest BCUT2D eigenvalue weighted by molar-refractivity contribution is 0.984. The molecule has 0 spiro atoms. The van der Waals surface area contributed by atoms with Gasteiger partial charge in [-0.25, -0.2) is 4.79 Å². The summed E-state index contributed by atoms with van der Waals surface area (Å²) in [6.07, 6.45) is 4.70. The van der Waals surface area contributed by atoms with Crippen molar-refractivity contribution in [2.45, 2.75) is 20.8 Å². The zero-order valence-electron chi connectivity index (χ0n) is 9.26. The molecule has 0 aromatic carbocycles. The van der Waals surface area contributed by atoms with Gasteiger partial charge in [0.05, 0.1) is 10.6 Å². The summed E-state index contributed by atoms with van der Waals surface area (Å²) >= 11 is 0. The predicted octanol–water partition coefficient (Wildman–Crippen LogP) is -0.144. The van der Waals surface area contributed by atoms with Crippen molar-refractivity contribution in [3.05, 3.63) is 44.1 Å². The third kappa shape index (κ3) is 3.42. The Morgan fingerprint density at radius 3 is 2.27 bits per heavy atom. The largest absolute Gasteiger partial charge is 0.326 e. The van der Waals surface area contributed by atoms with E-state index in [9.17, 15) is 9.59 Å². The van der Waals surface area contributed by atoms with Gasteiger partial charge in [-0.3, -0.25) is 9.78 Å². The highest BCUT2D eigenvalue weighted by Gasteiger charge is 1.91. The fraction of sp³-hybridized carbons (Fsp3) is 0.273. The average Bonchev–Trinajstić information content (AvgIpc) is 2.24. The van der Waals surface area contributed by atoms with E-state index in [0.717, 1.165) is 0 Å². The van der Waals surface area contributed by atoms with Crippen LogP contribution in [0.2, 0.25) is 0 Å². The van der Waals surface area contributed by atoms with E-state index in [1.54, 1.807) is 19.1 Å². The molecule has 0 bridgehead atoms. The van der Waals surface area contributed by atoms with Gasteiger partial charge in [-0.1, -0.05) is 32.6 Å². The quantitative estimate of drug-likeness (QED) is 0.674. The summed E-state index contributed by atoms with van der Waals surface area (Å²) in [5, 5.41) is 0.922. The zero-order chi connectivity index (χ0) is 11.8. The van der Waals surface area contributed by atoms with E-state index >= 15 is 0 Å². The van der Waals surface area contributed by atoms with Crippen LogP contribution >= 0.6 is 0 Å². The molecule has 0 amide bonds. The summed E-state index contributed by atoms with van der Waals surface area (Å²) < 4.78 is 0. The number of hydrogen-bond donors (Lipinski definition) is 2. The van der Waals surface area contributed by atoms with Crippen molar-refractivity contribution in [1.82, 2.24) is 9.97 Å². The lowest BCUT2D eigenvalue weighted by atomic mass is 10.3. The molecule has 2 N–H and O–H groups in total. The van der Waals surface area contributed by atoms with E-state index in [-0.39, 0.29) is 0 Å². The molecule has 0 fully saturated rings. The van der Waals surface area contributed by atoms with Gasteiger partial charge in [-0.05, 0) is 13.0 Å². The Hall–Kier alpha value is -1.84. The Balaban J connectivity index is 0.000000921. The molecule has 82 valence electrons. The zero-order valence-corrected chi connectivity index (χ0v) is 9.26. The number of nitrogens with one attached hydrogen (secondary N) is 2. The van der Waals surface area contributed by atoms with Crippen LogP contribution in [0.15, 0.2) is 22.2 Å². The molecule has 0 saturated heterocycles. The SMILES string of the molecule is C=C/C=c1/c(=O)[nH]c(=O)[nH]/c1=C/C.CC. The maximum absolute atomic E-state index is 11.2. The van der Waals surface area contributed by atoms with E-state index in [0.29, 0.717) is 10.6 Å². The summed E-state index contributed by atoms with van der Waals surface area (Å²) in [4.78, 5) is 26.7. The summed E-state index contributed by atoms with van der Waals surface area (Å²) in [5.41, 5.74) is -0.906. The summed E-state index contributed by atoms with van der Waals surface area (Å²) in [6, 6.07) is 0. The van der Waals surface area contributed by atoms with Crippen LogP contribution in [0.5, 0.6) is 0 Å². The molecule has 1 aromatic heterocycles. The van der Waals surface area contributed by atoms with Crippen LogP contribution < -0.4 is 21.8 Å². The third-order valence-corrected chi connectivity index (χ3v) is 1.58. The molecular formula is C11H16N2O2. The predicted molar refractivity (Wildman–Crippen MR) is 63.1 cm³/mol. The van der Waals surface area contributed by atoms with Gasteiger partial charge in [0.1, 0.15) is 0 Å². The molecule has 0 atom stereocenters. The highest BCUT2D eigenvalue weighted by atomic mass is 16.2. The number of rotatable bonds is 1. The minimum atomic E-state index is -0.501. The van der Waals surface area contributed by atoms with E-state index < -0.39 is 11.2 Å². The Morgan fingerprint density at radius 2 is 1.80 bits per heavy atom. The molecule has 15 heavy (non-hydrogen) atoms. The summed E-state index contributed by atoms with van der Waals surface area (Å²) in [7, 11) is 0. The van der Waals surface area contributed by atoms with Gasteiger partial charge in [0.25, 0.3) is 5.56 Å². The molecule has 4 nitrogen and oxygen atoms in total. The van der Waals surface area contributed by atoms with Crippen molar-refractivity contribution in [2.24, 2.45) is 0 Å². The number of hydrogen-bond acceptors (Lipinski definition) is 2. The van der Waals surface area contributed by atoms with Gasteiger partial charge in [0.15, 0.2) is 0 Å². The number of H-pyrrole nitrogens is 2. The smallest absolute Gasteiger partial charge is 0.307 e. The maximum Gasteiger partial charge on any atom is 0.326 e. The number of allylic oxidation sites excluding steroid dienone is 1. The van der Waals surface area contributed by atoms with Gasteiger partial charge in [-0.15, -0.1) is 0 Å². The molecular weight excluding hydrogens is 192 g/mol. The first-order valence-corrected chi connectivity index (χ1v) is 4.80. The van der Waals surface area contributed by atoms with Crippen molar-refractivity contribution in [3.8, 4) is 0 Å². The molecule has 1 rings (SSSR count). The van der Waals surface area contributed by atoms with E-state index in [1.165, 1.54) is 6.08 Å². The minimum Gasteiger partial charge on any atom is -0.307 e. The first-order valence-electron chi connectivity index (χ1n) is 4.80. The van der Waals surface area contributed by atoms with E-state index in [4.69, 9.17) is 0 Å².